The number of hydrogen-bond acceptors (Lipinski definition) is 4. The number of benzene rings is 2. The lowest BCUT2D eigenvalue weighted by atomic mass is 10.1. The maximum Gasteiger partial charge on any atom is 0.243 e. The zero-order valence-corrected chi connectivity index (χ0v) is 22.1. The van der Waals surface area contributed by atoms with Crippen LogP contribution in [0, 0.1) is 6.92 Å². The summed E-state index contributed by atoms with van der Waals surface area (Å²) in [5.41, 5.74) is 1.63. The molecular formula is C26H34ClN3O4S. The Kier molecular flexibility index (Phi) is 9.33. The highest BCUT2D eigenvalue weighted by Gasteiger charge is 2.33. The molecule has 1 atom stereocenters. The van der Waals surface area contributed by atoms with E-state index in [0.29, 0.717) is 17.0 Å². The highest BCUT2D eigenvalue weighted by molar-refractivity contribution is 7.89. The van der Waals surface area contributed by atoms with Gasteiger partial charge in [-0.15, -0.1) is 0 Å². The van der Waals surface area contributed by atoms with Gasteiger partial charge in [-0.2, -0.15) is 4.31 Å². The van der Waals surface area contributed by atoms with Crippen LogP contribution in [0.25, 0.3) is 0 Å². The van der Waals surface area contributed by atoms with Gasteiger partial charge in [0.05, 0.1) is 11.4 Å². The van der Waals surface area contributed by atoms with Gasteiger partial charge < -0.3 is 10.2 Å². The number of carbonyl (C=O) groups is 2. The van der Waals surface area contributed by atoms with Crippen molar-refractivity contribution >= 4 is 33.4 Å². The third-order valence-corrected chi connectivity index (χ3v) is 8.66. The minimum Gasteiger partial charge on any atom is -0.352 e. The monoisotopic (exact) mass is 519 g/mol. The number of rotatable bonds is 10. The lowest BCUT2D eigenvalue weighted by Gasteiger charge is -2.32. The van der Waals surface area contributed by atoms with E-state index in [1.165, 1.54) is 24.1 Å². The molecule has 9 heteroatoms. The molecule has 1 saturated carbocycles. The second kappa shape index (κ2) is 12.0. The second-order valence-corrected chi connectivity index (χ2v) is 11.6. The van der Waals surface area contributed by atoms with Crippen molar-refractivity contribution in [3.05, 3.63) is 64.7 Å². The maximum atomic E-state index is 13.5. The van der Waals surface area contributed by atoms with Gasteiger partial charge in [0.25, 0.3) is 0 Å². The van der Waals surface area contributed by atoms with Crippen LogP contribution in [-0.2, 0) is 26.2 Å². The summed E-state index contributed by atoms with van der Waals surface area (Å²) in [6.45, 7) is 3.43. The lowest BCUT2D eigenvalue weighted by molar-refractivity contribution is -0.141. The van der Waals surface area contributed by atoms with Gasteiger partial charge in [0.15, 0.2) is 0 Å². The zero-order valence-electron chi connectivity index (χ0n) is 20.5. The van der Waals surface area contributed by atoms with E-state index in [2.05, 4.69) is 5.32 Å². The number of amides is 2. The fourth-order valence-corrected chi connectivity index (χ4v) is 5.67. The number of carbonyl (C=O) groups excluding carboxylic acids is 2. The Labute approximate surface area is 213 Å². The molecule has 0 saturated heterocycles. The summed E-state index contributed by atoms with van der Waals surface area (Å²) in [4.78, 5) is 28.3. The summed E-state index contributed by atoms with van der Waals surface area (Å²) < 4.78 is 27.2. The standard InChI is InChI=1S/C26H34ClN3O4S/c1-4-24(26(32)28-21-10-6-7-11-21)30(17-20-9-5-8-12-23(20)27)25(31)18-29(3)35(33,34)22-15-13-19(2)14-16-22/h5,8-9,12-16,21,24H,4,6-7,10-11,17-18H2,1-3H3,(H,28,32)/t24-/m0/s1. The summed E-state index contributed by atoms with van der Waals surface area (Å²) >= 11 is 6.36. The molecule has 0 spiro atoms. The predicted molar refractivity (Wildman–Crippen MR) is 137 cm³/mol. The van der Waals surface area contributed by atoms with E-state index in [9.17, 15) is 18.0 Å². The fraction of sp³-hybridized carbons (Fsp3) is 0.462. The van der Waals surface area contributed by atoms with E-state index in [-0.39, 0.29) is 23.4 Å². The quantitative estimate of drug-likeness (QED) is 0.511. The van der Waals surface area contributed by atoms with Crippen LogP contribution in [0.4, 0.5) is 0 Å². The Balaban J connectivity index is 1.85. The number of likely N-dealkylation sites (N-methyl/N-ethyl adjacent to an activating group) is 1. The largest absolute Gasteiger partial charge is 0.352 e. The van der Waals surface area contributed by atoms with Crippen molar-refractivity contribution in [1.82, 2.24) is 14.5 Å². The first kappa shape index (κ1) is 27.2. The number of hydrogen-bond donors (Lipinski definition) is 1. The third kappa shape index (κ3) is 6.84. The van der Waals surface area contributed by atoms with Gasteiger partial charge in [-0.3, -0.25) is 9.59 Å². The van der Waals surface area contributed by atoms with Crippen LogP contribution in [0.2, 0.25) is 5.02 Å². The Morgan fingerprint density at radius 1 is 1.09 bits per heavy atom. The number of halogens is 1. The molecule has 0 heterocycles. The maximum absolute atomic E-state index is 13.5. The topological polar surface area (TPSA) is 86.8 Å². The van der Waals surface area contributed by atoms with Crippen molar-refractivity contribution in [3.8, 4) is 0 Å². The van der Waals surface area contributed by atoms with Gasteiger partial charge in [-0.25, -0.2) is 8.42 Å². The van der Waals surface area contributed by atoms with Crippen LogP contribution in [0.3, 0.4) is 0 Å². The van der Waals surface area contributed by atoms with Gasteiger partial charge in [0.1, 0.15) is 6.04 Å². The lowest BCUT2D eigenvalue weighted by Crippen LogP contribution is -2.53. The molecule has 0 radical (unpaired) electrons. The SMILES string of the molecule is CC[C@@H](C(=O)NC1CCCC1)N(Cc1ccccc1Cl)C(=O)CN(C)S(=O)(=O)c1ccc(C)cc1. The summed E-state index contributed by atoms with van der Waals surface area (Å²) in [7, 11) is -2.50. The van der Waals surface area contributed by atoms with Crippen LogP contribution in [0.5, 0.6) is 0 Å². The van der Waals surface area contributed by atoms with Crippen molar-refractivity contribution in [2.75, 3.05) is 13.6 Å². The highest BCUT2D eigenvalue weighted by atomic mass is 35.5. The summed E-state index contributed by atoms with van der Waals surface area (Å²) in [5.74, 6) is -0.680. The van der Waals surface area contributed by atoms with E-state index in [0.717, 1.165) is 35.6 Å². The molecule has 35 heavy (non-hydrogen) atoms. The molecule has 0 bridgehead atoms. The van der Waals surface area contributed by atoms with E-state index in [1.807, 2.05) is 19.9 Å². The minimum absolute atomic E-state index is 0.105. The first-order valence-corrected chi connectivity index (χ1v) is 13.8. The van der Waals surface area contributed by atoms with Crippen molar-refractivity contribution in [3.63, 3.8) is 0 Å². The smallest absolute Gasteiger partial charge is 0.243 e. The van der Waals surface area contributed by atoms with E-state index < -0.39 is 28.5 Å². The number of sulfonamides is 1. The van der Waals surface area contributed by atoms with Gasteiger partial charge >= 0.3 is 0 Å². The molecule has 0 aliphatic heterocycles. The van der Waals surface area contributed by atoms with Crippen molar-refractivity contribution in [1.29, 1.82) is 0 Å². The normalized spacial score (nSPS) is 15.2. The van der Waals surface area contributed by atoms with Crippen LogP contribution in [0.15, 0.2) is 53.4 Å². The Hall–Kier alpha value is -2.42. The molecular weight excluding hydrogens is 486 g/mol. The molecule has 1 aliphatic carbocycles. The molecule has 2 aromatic carbocycles. The molecule has 1 N–H and O–H groups in total. The first-order valence-electron chi connectivity index (χ1n) is 12.0. The van der Waals surface area contributed by atoms with E-state index in [1.54, 1.807) is 30.3 Å². The van der Waals surface area contributed by atoms with Crippen LogP contribution in [0.1, 0.15) is 50.2 Å². The average Bonchev–Trinajstić information content (AvgIpc) is 3.33. The van der Waals surface area contributed by atoms with Crippen LogP contribution >= 0.6 is 11.6 Å². The van der Waals surface area contributed by atoms with Gasteiger partial charge in [0, 0.05) is 24.7 Å². The summed E-state index contributed by atoms with van der Waals surface area (Å²) in [5, 5.41) is 3.57. The van der Waals surface area contributed by atoms with Gasteiger partial charge in [-0.1, -0.05) is 67.3 Å². The molecule has 0 aromatic heterocycles. The number of nitrogens with zero attached hydrogens (tertiary/aromatic N) is 2. The van der Waals surface area contributed by atoms with Gasteiger partial charge in [-0.05, 0) is 49.9 Å². The van der Waals surface area contributed by atoms with E-state index >= 15 is 0 Å². The number of nitrogens with one attached hydrogen (secondary N) is 1. The first-order chi connectivity index (χ1) is 16.6. The summed E-state index contributed by atoms with van der Waals surface area (Å²) in [6, 6.07) is 13.0. The average molecular weight is 520 g/mol. The third-order valence-electron chi connectivity index (χ3n) is 6.47. The van der Waals surface area contributed by atoms with Crippen LogP contribution < -0.4 is 5.32 Å². The highest BCUT2D eigenvalue weighted by Crippen LogP contribution is 2.22. The molecule has 2 aromatic rings. The van der Waals surface area contributed by atoms with Gasteiger partial charge in [0.2, 0.25) is 21.8 Å². The molecule has 3 rings (SSSR count). The molecule has 2 amide bonds. The molecule has 1 aliphatic rings. The van der Waals surface area contributed by atoms with Crippen molar-refractivity contribution in [2.24, 2.45) is 0 Å². The Morgan fingerprint density at radius 2 is 1.71 bits per heavy atom. The minimum atomic E-state index is -3.88. The summed E-state index contributed by atoms with van der Waals surface area (Å²) in [6.07, 6.45) is 4.40. The zero-order chi connectivity index (χ0) is 25.6. The molecule has 1 fully saturated rings. The Morgan fingerprint density at radius 3 is 2.31 bits per heavy atom. The fourth-order valence-electron chi connectivity index (χ4n) is 4.35. The molecule has 190 valence electrons. The molecule has 0 unspecified atom stereocenters. The Bertz CT molecular complexity index is 1130. The van der Waals surface area contributed by atoms with Crippen molar-refractivity contribution in [2.45, 2.75) is 69.5 Å². The van der Waals surface area contributed by atoms with E-state index in [4.69, 9.17) is 11.6 Å². The van der Waals surface area contributed by atoms with Crippen LogP contribution in [-0.4, -0.2) is 55.1 Å². The molecule has 7 nitrogen and oxygen atoms in total. The predicted octanol–water partition coefficient (Wildman–Crippen LogP) is 4.14. The second-order valence-electron chi connectivity index (χ2n) is 9.10. The van der Waals surface area contributed by atoms with Crippen molar-refractivity contribution < 1.29 is 18.0 Å². The number of aryl methyl sites for hydroxylation is 1.